The predicted octanol–water partition coefficient (Wildman–Crippen LogP) is 3.43. The molecule has 0 aromatic heterocycles. The molecule has 17 heavy (non-hydrogen) atoms. The van der Waals surface area contributed by atoms with Crippen LogP contribution in [0.2, 0.25) is 0 Å². The number of amides is 1. The summed E-state index contributed by atoms with van der Waals surface area (Å²) in [4.78, 5) is 11.9. The monoisotopic (exact) mass is 277 g/mol. The highest BCUT2D eigenvalue weighted by molar-refractivity contribution is 8.00. The van der Waals surface area contributed by atoms with Crippen molar-refractivity contribution in [3.05, 3.63) is 0 Å². The van der Waals surface area contributed by atoms with E-state index < -0.39 is 0 Å². The van der Waals surface area contributed by atoms with E-state index in [-0.39, 0.29) is 16.5 Å². The fourth-order valence-corrected chi connectivity index (χ4v) is 3.88. The Labute approximate surface area is 114 Å². The maximum Gasteiger partial charge on any atom is 0.233 e. The van der Waals surface area contributed by atoms with Crippen LogP contribution in [0, 0.1) is 5.92 Å². The molecule has 2 atom stereocenters. The first-order chi connectivity index (χ1) is 8.19. The zero-order valence-corrected chi connectivity index (χ0v) is 12.4. The number of rotatable bonds is 6. The summed E-state index contributed by atoms with van der Waals surface area (Å²) in [5, 5.41) is 3.24. The molecule has 1 N–H and O–H groups in total. The van der Waals surface area contributed by atoms with Gasteiger partial charge in [0.15, 0.2) is 0 Å². The minimum absolute atomic E-state index is 0.0718. The van der Waals surface area contributed by atoms with Gasteiger partial charge in [-0.05, 0) is 24.5 Å². The highest BCUT2D eigenvalue weighted by Crippen LogP contribution is 2.25. The van der Waals surface area contributed by atoms with Crippen LogP contribution in [0.1, 0.15) is 46.0 Å². The van der Waals surface area contributed by atoms with Gasteiger partial charge in [-0.2, -0.15) is 0 Å². The van der Waals surface area contributed by atoms with Gasteiger partial charge in [0.05, 0.1) is 10.6 Å². The third kappa shape index (κ3) is 5.09. The number of hydrogen-bond donors (Lipinski definition) is 1. The Morgan fingerprint density at radius 2 is 2.12 bits per heavy atom. The Hall–Kier alpha value is 0.110. The van der Waals surface area contributed by atoms with E-state index in [1.54, 1.807) is 11.8 Å². The molecule has 0 spiro atoms. The van der Waals surface area contributed by atoms with Crippen LogP contribution in [0.25, 0.3) is 0 Å². The van der Waals surface area contributed by atoms with E-state index in [0.29, 0.717) is 12.5 Å². The second-order valence-electron chi connectivity index (χ2n) is 4.69. The van der Waals surface area contributed by atoms with E-state index in [1.807, 2.05) is 0 Å². The van der Waals surface area contributed by atoms with Crippen molar-refractivity contribution >= 4 is 29.3 Å². The lowest BCUT2D eigenvalue weighted by Gasteiger charge is -2.23. The maximum atomic E-state index is 11.9. The SMILES string of the molecule is CCC(CC)C(Cl)CNC(=O)C1CCCCS1. The number of halogens is 1. The molecule has 0 bridgehead atoms. The second-order valence-corrected chi connectivity index (χ2v) is 6.56. The van der Waals surface area contributed by atoms with Gasteiger partial charge in [-0.3, -0.25) is 4.79 Å². The first kappa shape index (κ1) is 15.2. The molecular weight excluding hydrogens is 254 g/mol. The van der Waals surface area contributed by atoms with Crippen LogP contribution >= 0.6 is 23.4 Å². The number of carbonyl (C=O) groups excluding carboxylic acids is 1. The molecule has 2 nitrogen and oxygen atoms in total. The van der Waals surface area contributed by atoms with E-state index in [9.17, 15) is 4.79 Å². The number of alkyl halides is 1. The zero-order valence-electron chi connectivity index (χ0n) is 10.9. The van der Waals surface area contributed by atoms with E-state index in [4.69, 9.17) is 11.6 Å². The van der Waals surface area contributed by atoms with Crippen molar-refractivity contribution in [1.29, 1.82) is 0 Å². The highest BCUT2D eigenvalue weighted by atomic mass is 35.5. The maximum absolute atomic E-state index is 11.9. The highest BCUT2D eigenvalue weighted by Gasteiger charge is 2.23. The number of hydrogen-bond acceptors (Lipinski definition) is 2. The van der Waals surface area contributed by atoms with E-state index in [2.05, 4.69) is 19.2 Å². The molecule has 0 radical (unpaired) electrons. The van der Waals surface area contributed by atoms with Gasteiger partial charge in [-0.1, -0.05) is 33.1 Å². The van der Waals surface area contributed by atoms with Crippen molar-refractivity contribution in [2.24, 2.45) is 5.92 Å². The molecule has 100 valence electrons. The lowest BCUT2D eigenvalue weighted by Crippen LogP contribution is -2.39. The van der Waals surface area contributed by atoms with Crippen LogP contribution in [0.5, 0.6) is 0 Å². The van der Waals surface area contributed by atoms with Crippen LogP contribution in [-0.4, -0.2) is 28.8 Å². The van der Waals surface area contributed by atoms with Gasteiger partial charge in [0.1, 0.15) is 0 Å². The summed E-state index contributed by atoms with van der Waals surface area (Å²) in [6.45, 7) is 4.93. The van der Waals surface area contributed by atoms with Gasteiger partial charge in [-0.25, -0.2) is 0 Å². The molecule has 0 aliphatic carbocycles. The van der Waals surface area contributed by atoms with Crippen molar-refractivity contribution < 1.29 is 4.79 Å². The molecule has 1 heterocycles. The van der Waals surface area contributed by atoms with Crippen molar-refractivity contribution in [3.63, 3.8) is 0 Å². The molecular formula is C13H24ClNOS. The molecule has 1 aliphatic heterocycles. The molecule has 1 aliphatic rings. The predicted molar refractivity (Wildman–Crippen MR) is 76.8 cm³/mol. The smallest absolute Gasteiger partial charge is 0.233 e. The molecule has 0 aromatic carbocycles. The summed E-state index contributed by atoms with van der Waals surface area (Å²) in [5.74, 6) is 1.82. The standard InChI is InChI=1S/C13H24ClNOS/c1-3-10(4-2)11(14)9-15-13(16)12-7-5-6-8-17-12/h10-12H,3-9H2,1-2H3,(H,15,16). The van der Waals surface area contributed by atoms with Gasteiger partial charge in [0.25, 0.3) is 0 Å². The average Bonchev–Trinajstić information content (AvgIpc) is 2.38. The second kappa shape index (κ2) is 8.25. The minimum Gasteiger partial charge on any atom is -0.354 e. The minimum atomic E-state index is 0.0718. The van der Waals surface area contributed by atoms with Crippen LogP contribution in [-0.2, 0) is 4.79 Å². The first-order valence-electron chi connectivity index (χ1n) is 6.72. The van der Waals surface area contributed by atoms with E-state index in [0.717, 1.165) is 25.0 Å². The summed E-state index contributed by atoms with van der Waals surface area (Å²) in [6, 6.07) is 0. The summed E-state index contributed by atoms with van der Waals surface area (Å²) >= 11 is 8.10. The van der Waals surface area contributed by atoms with Gasteiger partial charge < -0.3 is 5.32 Å². The topological polar surface area (TPSA) is 29.1 Å². The first-order valence-corrected chi connectivity index (χ1v) is 8.20. The number of carbonyl (C=O) groups is 1. The summed E-state index contributed by atoms with van der Waals surface area (Å²) in [5.41, 5.74) is 0. The van der Waals surface area contributed by atoms with Crippen LogP contribution in [0.3, 0.4) is 0 Å². The van der Waals surface area contributed by atoms with Gasteiger partial charge in [-0.15, -0.1) is 23.4 Å². The normalized spacial score (nSPS) is 22.5. The zero-order chi connectivity index (χ0) is 12.7. The molecule has 1 saturated heterocycles. The molecule has 2 unspecified atom stereocenters. The average molecular weight is 278 g/mol. The summed E-state index contributed by atoms with van der Waals surface area (Å²) < 4.78 is 0. The quantitative estimate of drug-likeness (QED) is 0.754. The van der Waals surface area contributed by atoms with Crippen LogP contribution in [0.15, 0.2) is 0 Å². The van der Waals surface area contributed by atoms with Crippen molar-refractivity contribution in [3.8, 4) is 0 Å². The molecule has 1 amide bonds. The molecule has 0 aromatic rings. The molecule has 4 heteroatoms. The Morgan fingerprint density at radius 3 is 2.65 bits per heavy atom. The van der Waals surface area contributed by atoms with Gasteiger partial charge in [0, 0.05) is 6.54 Å². The van der Waals surface area contributed by atoms with E-state index >= 15 is 0 Å². The fourth-order valence-electron chi connectivity index (χ4n) is 2.23. The van der Waals surface area contributed by atoms with Gasteiger partial charge in [0.2, 0.25) is 5.91 Å². The molecule has 1 rings (SSSR count). The Balaban J connectivity index is 2.26. The third-order valence-electron chi connectivity index (χ3n) is 3.50. The van der Waals surface area contributed by atoms with Crippen LogP contribution in [0.4, 0.5) is 0 Å². The van der Waals surface area contributed by atoms with Crippen LogP contribution < -0.4 is 5.32 Å². The number of nitrogens with one attached hydrogen (secondary N) is 1. The lowest BCUT2D eigenvalue weighted by atomic mass is 9.99. The van der Waals surface area contributed by atoms with Crippen molar-refractivity contribution in [2.75, 3.05) is 12.3 Å². The Morgan fingerprint density at radius 1 is 1.41 bits per heavy atom. The Bertz CT molecular complexity index is 227. The fraction of sp³-hybridized carbons (Fsp3) is 0.923. The number of thioether (sulfide) groups is 1. The summed E-state index contributed by atoms with van der Waals surface area (Å²) in [6.07, 6.45) is 5.62. The molecule has 1 fully saturated rings. The van der Waals surface area contributed by atoms with Crippen molar-refractivity contribution in [1.82, 2.24) is 5.32 Å². The van der Waals surface area contributed by atoms with Gasteiger partial charge >= 0.3 is 0 Å². The largest absolute Gasteiger partial charge is 0.354 e. The molecule has 0 saturated carbocycles. The third-order valence-corrected chi connectivity index (χ3v) is 5.39. The lowest BCUT2D eigenvalue weighted by molar-refractivity contribution is -0.120. The summed E-state index contributed by atoms with van der Waals surface area (Å²) in [7, 11) is 0. The van der Waals surface area contributed by atoms with Crippen molar-refractivity contribution in [2.45, 2.75) is 56.6 Å². The Kier molecular flexibility index (Phi) is 7.36. The van der Waals surface area contributed by atoms with E-state index in [1.165, 1.54) is 12.8 Å².